The summed E-state index contributed by atoms with van der Waals surface area (Å²) in [4.78, 5) is 26.1. The van der Waals surface area contributed by atoms with Gasteiger partial charge in [-0.1, -0.05) is 12.1 Å². The van der Waals surface area contributed by atoms with Gasteiger partial charge in [0.05, 0.1) is 23.5 Å². The fraction of sp³-hybridized carbons (Fsp3) is 0.312. The average molecular weight is 314 g/mol. The highest BCUT2D eigenvalue weighted by Gasteiger charge is 2.31. The van der Waals surface area contributed by atoms with Crippen molar-refractivity contribution in [3.05, 3.63) is 36.7 Å². The molecule has 0 bridgehead atoms. The van der Waals surface area contributed by atoms with E-state index in [1.807, 2.05) is 0 Å². The van der Waals surface area contributed by atoms with Crippen LogP contribution in [0.1, 0.15) is 12.8 Å². The molecule has 7 nitrogen and oxygen atoms in total. The second-order valence-corrected chi connectivity index (χ2v) is 5.62. The van der Waals surface area contributed by atoms with Gasteiger partial charge in [0.2, 0.25) is 11.8 Å². The van der Waals surface area contributed by atoms with Gasteiger partial charge in [-0.05, 0) is 18.6 Å². The molecule has 1 fully saturated rings. The van der Waals surface area contributed by atoms with Crippen LogP contribution in [-0.2, 0) is 16.6 Å². The molecular formula is C16H18N4O3. The average Bonchev–Trinajstić information content (AvgIpc) is 2.96. The second kappa shape index (κ2) is 6.12. The molecule has 2 amide bonds. The third-order valence-corrected chi connectivity index (χ3v) is 3.95. The molecule has 1 saturated heterocycles. The summed E-state index contributed by atoms with van der Waals surface area (Å²) in [6.07, 6.45) is 4.17. The Kier molecular flexibility index (Phi) is 4.01. The van der Waals surface area contributed by atoms with Crippen molar-refractivity contribution in [2.24, 2.45) is 13.0 Å². The monoisotopic (exact) mass is 314 g/mol. The third kappa shape index (κ3) is 3.18. The minimum absolute atomic E-state index is 0.00962. The number of rotatable bonds is 3. The van der Waals surface area contributed by atoms with Gasteiger partial charge in [-0.3, -0.25) is 14.3 Å². The minimum atomic E-state index is -0.326. The molecule has 1 aliphatic rings. The largest absolute Gasteiger partial charge is 0.506 e. The SMILES string of the molecule is Cn1cc(N2CC(C(=O)Nc3ccccc3O)CCC2=O)cn1. The lowest BCUT2D eigenvalue weighted by atomic mass is 9.96. The lowest BCUT2D eigenvalue weighted by Gasteiger charge is -2.31. The molecule has 3 rings (SSSR count). The fourth-order valence-electron chi connectivity index (χ4n) is 2.67. The highest BCUT2D eigenvalue weighted by atomic mass is 16.3. The molecule has 1 aliphatic heterocycles. The summed E-state index contributed by atoms with van der Waals surface area (Å²) in [7, 11) is 1.78. The van der Waals surface area contributed by atoms with Crippen LogP contribution in [0.15, 0.2) is 36.7 Å². The van der Waals surface area contributed by atoms with Crippen LogP contribution in [0.25, 0.3) is 0 Å². The zero-order chi connectivity index (χ0) is 16.4. The van der Waals surface area contributed by atoms with E-state index in [2.05, 4.69) is 10.4 Å². The van der Waals surface area contributed by atoms with Crippen LogP contribution in [0.2, 0.25) is 0 Å². The van der Waals surface area contributed by atoms with Crippen LogP contribution >= 0.6 is 0 Å². The Labute approximate surface area is 133 Å². The van der Waals surface area contributed by atoms with E-state index in [9.17, 15) is 14.7 Å². The van der Waals surface area contributed by atoms with E-state index in [0.717, 1.165) is 0 Å². The van der Waals surface area contributed by atoms with Crippen molar-refractivity contribution in [2.45, 2.75) is 12.8 Å². The molecule has 1 atom stereocenters. The summed E-state index contributed by atoms with van der Waals surface area (Å²) in [5, 5.41) is 16.5. The molecule has 120 valence electrons. The van der Waals surface area contributed by atoms with Gasteiger partial charge in [-0.15, -0.1) is 0 Å². The van der Waals surface area contributed by atoms with Gasteiger partial charge in [0.25, 0.3) is 0 Å². The number of para-hydroxylation sites is 2. The highest BCUT2D eigenvalue weighted by Crippen LogP contribution is 2.27. The first-order chi connectivity index (χ1) is 11.0. The highest BCUT2D eigenvalue weighted by molar-refractivity contribution is 5.99. The van der Waals surface area contributed by atoms with Crippen molar-refractivity contribution in [3.63, 3.8) is 0 Å². The molecule has 0 spiro atoms. The molecule has 2 heterocycles. The quantitative estimate of drug-likeness (QED) is 0.841. The summed E-state index contributed by atoms with van der Waals surface area (Å²) in [6, 6.07) is 6.58. The summed E-state index contributed by atoms with van der Waals surface area (Å²) in [5.74, 6) is -0.512. The first kappa shape index (κ1) is 15.1. The van der Waals surface area contributed by atoms with Crippen molar-refractivity contribution >= 4 is 23.2 Å². The number of aryl methyl sites for hydroxylation is 1. The summed E-state index contributed by atoms with van der Waals surface area (Å²) in [5.41, 5.74) is 1.07. The Morgan fingerprint density at radius 1 is 1.39 bits per heavy atom. The molecule has 1 unspecified atom stereocenters. The van der Waals surface area contributed by atoms with Gasteiger partial charge in [0, 0.05) is 26.2 Å². The molecule has 0 radical (unpaired) electrons. The normalized spacial score (nSPS) is 18.0. The zero-order valence-corrected chi connectivity index (χ0v) is 12.8. The molecule has 2 aromatic rings. The van der Waals surface area contributed by atoms with Gasteiger partial charge < -0.3 is 15.3 Å². The van der Waals surface area contributed by atoms with Crippen LogP contribution in [-0.4, -0.2) is 33.2 Å². The van der Waals surface area contributed by atoms with Crippen LogP contribution in [0.5, 0.6) is 5.75 Å². The lowest BCUT2D eigenvalue weighted by molar-refractivity contribution is -0.124. The van der Waals surface area contributed by atoms with Crippen LogP contribution in [0, 0.1) is 5.92 Å². The first-order valence-corrected chi connectivity index (χ1v) is 7.42. The summed E-state index contributed by atoms with van der Waals surface area (Å²) >= 11 is 0. The zero-order valence-electron chi connectivity index (χ0n) is 12.8. The van der Waals surface area contributed by atoms with Crippen molar-refractivity contribution < 1.29 is 14.7 Å². The number of hydrogen-bond acceptors (Lipinski definition) is 4. The number of aromatic hydroxyl groups is 1. The summed E-state index contributed by atoms with van der Waals surface area (Å²) < 4.78 is 1.62. The minimum Gasteiger partial charge on any atom is -0.506 e. The number of phenols is 1. The van der Waals surface area contributed by atoms with Crippen molar-refractivity contribution in [3.8, 4) is 5.75 Å². The molecule has 7 heteroatoms. The number of phenolic OH excluding ortho intramolecular Hbond substituents is 1. The first-order valence-electron chi connectivity index (χ1n) is 7.42. The number of carbonyl (C=O) groups excluding carboxylic acids is 2. The van der Waals surface area contributed by atoms with Crippen LogP contribution < -0.4 is 10.2 Å². The second-order valence-electron chi connectivity index (χ2n) is 5.62. The van der Waals surface area contributed by atoms with E-state index >= 15 is 0 Å². The van der Waals surface area contributed by atoms with Gasteiger partial charge in [0.1, 0.15) is 5.75 Å². The molecule has 2 N–H and O–H groups in total. The molecule has 0 saturated carbocycles. The molecule has 1 aromatic carbocycles. The number of piperidine rings is 1. The number of nitrogens with zero attached hydrogens (tertiary/aromatic N) is 3. The Balaban J connectivity index is 1.72. The topological polar surface area (TPSA) is 87.5 Å². The predicted molar refractivity (Wildman–Crippen MR) is 85.0 cm³/mol. The van der Waals surface area contributed by atoms with E-state index in [-0.39, 0.29) is 23.5 Å². The number of carbonyl (C=O) groups is 2. The van der Waals surface area contributed by atoms with E-state index in [1.165, 1.54) is 6.07 Å². The van der Waals surface area contributed by atoms with Gasteiger partial charge in [0.15, 0.2) is 0 Å². The lowest BCUT2D eigenvalue weighted by Crippen LogP contribution is -2.44. The van der Waals surface area contributed by atoms with Gasteiger partial charge in [-0.25, -0.2) is 0 Å². The maximum absolute atomic E-state index is 12.4. The third-order valence-electron chi connectivity index (χ3n) is 3.95. The van der Waals surface area contributed by atoms with E-state index in [4.69, 9.17) is 0 Å². The predicted octanol–water partition coefficient (Wildman–Crippen LogP) is 1.51. The number of benzene rings is 1. The number of amides is 2. The molecule has 23 heavy (non-hydrogen) atoms. The maximum atomic E-state index is 12.4. The Hall–Kier alpha value is -2.83. The molecule has 0 aliphatic carbocycles. The van der Waals surface area contributed by atoms with Crippen LogP contribution in [0.3, 0.4) is 0 Å². The Morgan fingerprint density at radius 2 is 2.17 bits per heavy atom. The van der Waals surface area contributed by atoms with Gasteiger partial charge >= 0.3 is 0 Å². The fourth-order valence-corrected chi connectivity index (χ4v) is 2.67. The Morgan fingerprint density at radius 3 is 2.87 bits per heavy atom. The van der Waals surface area contributed by atoms with E-state index < -0.39 is 0 Å². The summed E-state index contributed by atoms with van der Waals surface area (Å²) in [6.45, 7) is 0.309. The molecular weight excluding hydrogens is 296 g/mol. The smallest absolute Gasteiger partial charge is 0.229 e. The maximum Gasteiger partial charge on any atom is 0.229 e. The number of aromatic nitrogens is 2. The number of hydrogen-bond donors (Lipinski definition) is 2. The van der Waals surface area contributed by atoms with Gasteiger partial charge in [-0.2, -0.15) is 5.10 Å². The molecule has 1 aromatic heterocycles. The van der Waals surface area contributed by atoms with E-state index in [0.29, 0.717) is 30.8 Å². The van der Waals surface area contributed by atoms with Crippen molar-refractivity contribution in [2.75, 3.05) is 16.8 Å². The Bertz CT molecular complexity index is 740. The van der Waals surface area contributed by atoms with Crippen LogP contribution in [0.4, 0.5) is 11.4 Å². The van der Waals surface area contributed by atoms with E-state index in [1.54, 1.807) is 47.2 Å². The van der Waals surface area contributed by atoms with Crippen molar-refractivity contribution in [1.82, 2.24) is 9.78 Å². The van der Waals surface area contributed by atoms with Crippen molar-refractivity contribution in [1.29, 1.82) is 0 Å². The number of nitrogens with one attached hydrogen (secondary N) is 1. The number of anilines is 2. The standard InChI is InChI=1S/C16H18N4O3/c1-19-10-12(8-17-19)20-9-11(6-7-15(20)22)16(23)18-13-4-2-3-5-14(13)21/h2-5,8,10-11,21H,6-7,9H2,1H3,(H,18,23).